The summed E-state index contributed by atoms with van der Waals surface area (Å²) in [5.74, 6) is 0.216. The molecule has 33 heavy (non-hydrogen) atoms. The molecule has 0 fully saturated rings. The first-order chi connectivity index (χ1) is 15.8. The van der Waals surface area contributed by atoms with Crippen molar-refractivity contribution in [3.63, 3.8) is 0 Å². The van der Waals surface area contributed by atoms with Crippen LogP contribution in [-0.2, 0) is 14.8 Å². The van der Waals surface area contributed by atoms with Gasteiger partial charge in [0.15, 0.2) is 0 Å². The summed E-state index contributed by atoms with van der Waals surface area (Å²) in [4.78, 5) is 12.7. The normalized spacial score (nSPS) is 11.2. The molecule has 0 aliphatic carbocycles. The van der Waals surface area contributed by atoms with Crippen LogP contribution in [0.2, 0.25) is 0 Å². The van der Waals surface area contributed by atoms with Crippen molar-refractivity contribution in [2.45, 2.75) is 11.8 Å². The molecule has 0 bridgehead atoms. The highest BCUT2D eigenvalue weighted by Gasteiger charge is 2.29. The number of para-hydroxylation sites is 2. The Balaban J connectivity index is 1.89. The molecule has 1 amide bonds. The fraction of sp³-hybridized carbons (Fsp3) is 0.167. The fourth-order valence-corrected chi connectivity index (χ4v) is 4.54. The Labute approximate surface area is 193 Å². The minimum atomic E-state index is -4.10. The smallest absolute Gasteiger partial charge is 0.264 e. The number of rotatable bonds is 9. The van der Waals surface area contributed by atoms with Crippen molar-refractivity contribution in [2.75, 3.05) is 25.1 Å². The number of hydrogen-bond acceptors (Lipinski definition) is 6. The summed E-state index contributed by atoms with van der Waals surface area (Å²) in [6, 6.07) is 20.1. The monoisotopic (exact) mass is 467 g/mol. The van der Waals surface area contributed by atoms with Crippen LogP contribution in [0, 0.1) is 6.92 Å². The lowest BCUT2D eigenvalue weighted by atomic mass is 10.2. The van der Waals surface area contributed by atoms with Gasteiger partial charge in [-0.2, -0.15) is 5.10 Å². The molecule has 3 rings (SSSR count). The molecule has 172 valence electrons. The Morgan fingerprint density at radius 1 is 1.00 bits per heavy atom. The van der Waals surface area contributed by atoms with Crippen molar-refractivity contribution in [3.8, 4) is 11.5 Å². The molecule has 0 radical (unpaired) electrons. The van der Waals surface area contributed by atoms with Gasteiger partial charge in [-0.15, -0.1) is 0 Å². The number of aryl methyl sites for hydroxylation is 1. The molecule has 0 unspecified atom stereocenters. The lowest BCUT2D eigenvalue weighted by molar-refractivity contribution is -0.119. The number of benzene rings is 3. The molecule has 0 aliphatic heterocycles. The Morgan fingerprint density at radius 2 is 1.73 bits per heavy atom. The molecule has 3 aromatic rings. The molecule has 8 nitrogen and oxygen atoms in total. The molecule has 3 aromatic carbocycles. The molecule has 0 atom stereocenters. The van der Waals surface area contributed by atoms with Gasteiger partial charge in [-0.25, -0.2) is 13.8 Å². The number of nitrogens with one attached hydrogen (secondary N) is 1. The number of methoxy groups -OCH3 is 2. The molecule has 0 saturated heterocycles. The SMILES string of the molecule is COc1ccc(S(=O)(=O)N(CC(=O)N/N=C\c2cccc(C)c2)c2ccccc2OC)cc1. The van der Waals surface area contributed by atoms with Crippen LogP contribution in [0.3, 0.4) is 0 Å². The first-order valence-corrected chi connectivity index (χ1v) is 11.5. The maximum Gasteiger partial charge on any atom is 0.264 e. The lowest BCUT2D eigenvalue weighted by Crippen LogP contribution is -2.39. The van der Waals surface area contributed by atoms with Crippen LogP contribution in [0.5, 0.6) is 11.5 Å². The number of hydrogen-bond donors (Lipinski definition) is 1. The van der Waals surface area contributed by atoms with Gasteiger partial charge in [0.2, 0.25) is 0 Å². The highest BCUT2D eigenvalue weighted by Crippen LogP contribution is 2.32. The van der Waals surface area contributed by atoms with E-state index in [-0.39, 0.29) is 10.6 Å². The summed E-state index contributed by atoms with van der Waals surface area (Å²) < 4.78 is 38.4. The maximum absolute atomic E-state index is 13.5. The standard InChI is InChI=1S/C24H25N3O5S/c1-18-7-6-8-19(15-18)16-25-26-24(28)17-27(22-9-4-5-10-23(22)32-3)33(29,30)21-13-11-20(31-2)12-14-21/h4-16H,17H2,1-3H3,(H,26,28)/b25-16-. The number of carbonyl (C=O) groups excluding carboxylic acids is 1. The summed E-state index contributed by atoms with van der Waals surface area (Å²) in [5.41, 5.74) is 4.49. The Morgan fingerprint density at radius 3 is 2.39 bits per heavy atom. The Kier molecular flexibility index (Phi) is 7.68. The lowest BCUT2D eigenvalue weighted by Gasteiger charge is -2.25. The average molecular weight is 468 g/mol. The number of nitrogens with zero attached hydrogens (tertiary/aromatic N) is 2. The predicted octanol–water partition coefficient (Wildman–Crippen LogP) is 3.36. The molecule has 1 N–H and O–H groups in total. The highest BCUT2D eigenvalue weighted by molar-refractivity contribution is 7.92. The third kappa shape index (κ3) is 5.89. The summed E-state index contributed by atoms with van der Waals surface area (Å²) in [5, 5.41) is 3.96. The van der Waals surface area contributed by atoms with E-state index in [0.717, 1.165) is 15.4 Å². The third-order valence-corrected chi connectivity index (χ3v) is 6.51. The molecule has 0 aromatic heterocycles. The van der Waals surface area contributed by atoms with Crippen molar-refractivity contribution in [2.24, 2.45) is 5.10 Å². The van der Waals surface area contributed by atoms with Gasteiger partial charge in [-0.3, -0.25) is 9.10 Å². The second-order valence-corrected chi connectivity index (χ2v) is 8.93. The number of hydrazone groups is 1. The van der Waals surface area contributed by atoms with E-state index < -0.39 is 22.5 Å². The van der Waals surface area contributed by atoms with Crippen LogP contribution in [0.1, 0.15) is 11.1 Å². The molecular formula is C24H25N3O5S. The fourth-order valence-electron chi connectivity index (χ4n) is 3.11. The highest BCUT2D eigenvalue weighted by atomic mass is 32.2. The topological polar surface area (TPSA) is 97.3 Å². The maximum atomic E-state index is 13.5. The second-order valence-electron chi connectivity index (χ2n) is 7.07. The number of carbonyl (C=O) groups is 1. The van der Waals surface area contributed by atoms with Crippen molar-refractivity contribution in [1.82, 2.24) is 5.43 Å². The van der Waals surface area contributed by atoms with Gasteiger partial charge in [0.05, 0.1) is 31.0 Å². The van der Waals surface area contributed by atoms with E-state index >= 15 is 0 Å². The van der Waals surface area contributed by atoms with Crippen molar-refractivity contribution >= 4 is 27.8 Å². The van der Waals surface area contributed by atoms with Gasteiger partial charge < -0.3 is 9.47 Å². The predicted molar refractivity (Wildman–Crippen MR) is 127 cm³/mol. The third-order valence-electron chi connectivity index (χ3n) is 4.73. The van der Waals surface area contributed by atoms with Crippen LogP contribution in [-0.4, -0.2) is 41.3 Å². The number of sulfonamides is 1. The second kappa shape index (κ2) is 10.6. The zero-order valence-corrected chi connectivity index (χ0v) is 19.4. The molecular weight excluding hydrogens is 442 g/mol. The van der Waals surface area contributed by atoms with E-state index in [1.165, 1.54) is 32.6 Å². The number of amides is 1. The van der Waals surface area contributed by atoms with Gasteiger partial charge in [-0.1, -0.05) is 42.0 Å². The summed E-state index contributed by atoms with van der Waals surface area (Å²) in [6.07, 6.45) is 1.50. The van der Waals surface area contributed by atoms with E-state index in [9.17, 15) is 13.2 Å². The minimum Gasteiger partial charge on any atom is -0.497 e. The largest absolute Gasteiger partial charge is 0.497 e. The molecule has 0 heterocycles. The zero-order chi connectivity index (χ0) is 23.8. The van der Waals surface area contributed by atoms with Crippen LogP contribution in [0.15, 0.2) is 82.8 Å². The van der Waals surface area contributed by atoms with Crippen LogP contribution in [0.25, 0.3) is 0 Å². The number of ether oxygens (including phenoxy) is 2. The van der Waals surface area contributed by atoms with Crippen LogP contribution in [0.4, 0.5) is 5.69 Å². The summed E-state index contributed by atoms with van der Waals surface area (Å²) in [7, 11) is -1.18. The molecule has 0 saturated carbocycles. The first-order valence-electron chi connectivity index (χ1n) is 10.0. The zero-order valence-electron chi connectivity index (χ0n) is 18.6. The van der Waals surface area contributed by atoms with Gasteiger partial charge >= 0.3 is 0 Å². The van der Waals surface area contributed by atoms with Crippen molar-refractivity contribution in [1.29, 1.82) is 0 Å². The quantitative estimate of drug-likeness (QED) is 0.384. The van der Waals surface area contributed by atoms with Gasteiger partial charge in [0.25, 0.3) is 15.9 Å². The van der Waals surface area contributed by atoms with Crippen molar-refractivity contribution < 1.29 is 22.7 Å². The van der Waals surface area contributed by atoms with Crippen LogP contribution >= 0.6 is 0 Å². The van der Waals surface area contributed by atoms with Crippen molar-refractivity contribution in [3.05, 3.63) is 83.9 Å². The molecule has 0 aliphatic rings. The summed E-state index contributed by atoms with van der Waals surface area (Å²) in [6.45, 7) is 1.45. The Hall–Kier alpha value is -3.85. The van der Waals surface area contributed by atoms with E-state index in [4.69, 9.17) is 9.47 Å². The van der Waals surface area contributed by atoms with E-state index in [0.29, 0.717) is 11.5 Å². The Bertz CT molecular complexity index is 1240. The van der Waals surface area contributed by atoms with E-state index in [2.05, 4.69) is 10.5 Å². The number of anilines is 1. The van der Waals surface area contributed by atoms with Gasteiger partial charge in [0.1, 0.15) is 18.0 Å². The first kappa shape index (κ1) is 23.8. The van der Waals surface area contributed by atoms with Gasteiger partial charge in [0, 0.05) is 0 Å². The van der Waals surface area contributed by atoms with Crippen LogP contribution < -0.4 is 19.2 Å². The van der Waals surface area contributed by atoms with E-state index in [1.807, 2.05) is 31.2 Å². The molecule has 0 spiro atoms. The minimum absolute atomic E-state index is 0.00488. The summed E-state index contributed by atoms with van der Waals surface area (Å²) >= 11 is 0. The average Bonchev–Trinajstić information content (AvgIpc) is 2.82. The molecule has 9 heteroatoms. The van der Waals surface area contributed by atoms with E-state index in [1.54, 1.807) is 36.4 Å². The van der Waals surface area contributed by atoms with Gasteiger partial charge in [-0.05, 0) is 48.9 Å².